The number of urea groups is 1. The normalized spacial score (nSPS) is 15.7. The molecule has 0 aliphatic carbocycles. The van der Waals surface area contributed by atoms with Crippen molar-refractivity contribution in [1.82, 2.24) is 5.32 Å². The molecule has 188 valence electrons. The van der Waals surface area contributed by atoms with Crippen LogP contribution in [0.2, 0.25) is 5.02 Å². The minimum Gasteiger partial charge on any atom is -0.493 e. The summed E-state index contributed by atoms with van der Waals surface area (Å²) in [6, 6.07) is 14.3. The molecule has 4 amide bonds. The van der Waals surface area contributed by atoms with Crippen LogP contribution in [0, 0.1) is 0 Å². The van der Waals surface area contributed by atoms with E-state index in [0.717, 1.165) is 10.5 Å². The first-order valence-electron chi connectivity index (χ1n) is 10.9. The van der Waals surface area contributed by atoms with Crippen molar-refractivity contribution in [1.29, 1.82) is 0 Å². The summed E-state index contributed by atoms with van der Waals surface area (Å²) in [6.07, 6.45) is 1.38. The van der Waals surface area contributed by atoms with Gasteiger partial charge < -0.3 is 18.9 Å². The molecule has 2 heterocycles. The summed E-state index contributed by atoms with van der Waals surface area (Å²) >= 11 is 9.41. The standard InChI is InChI=1S/C26H18BrClN2O7/c1-34-22-10-15(9-19(27)23(22)35-12-14-2-4-16(28)5-3-14)8-18-24(31)29-26(33)30(25(18)32)17-6-7-20-21(11-17)37-13-36-20/h2-11H,12-13H2,1H3,(H,29,31,33)/b18-8+. The number of benzene rings is 3. The molecule has 0 unspecified atom stereocenters. The fourth-order valence-corrected chi connectivity index (χ4v) is 4.48. The number of hydrogen-bond acceptors (Lipinski definition) is 7. The number of anilines is 1. The maximum Gasteiger partial charge on any atom is 0.335 e. The molecule has 1 N–H and O–H groups in total. The van der Waals surface area contributed by atoms with Crippen LogP contribution >= 0.6 is 27.5 Å². The molecular formula is C26H18BrClN2O7. The van der Waals surface area contributed by atoms with Crippen molar-refractivity contribution in [2.45, 2.75) is 6.61 Å². The van der Waals surface area contributed by atoms with E-state index in [9.17, 15) is 14.4 Å². The summed E-state index contributed by atoms with van der Waals surface area (Å²) in [4.78, 5) is 39.3. The lowest BCUT2D eigenvalue weighted by Crippen LogP contribution is -2.54. The molecule has 2 aliphatic heterocycles. The number of ether oxygens (including phenoxy) is 4. The van der Waals surface area contributed by atoms with Crippen molar-refractivity contribution in [3.05, 3.63) is 80.8 Å². The molecule has 1 saturated heterocycles. The third-order valence-corrected chi connectivity index (χ3v) is 6.42. The first-order valence-corrected chi connectivity index (χ1v) is 12.1. The van der Waals surface area contributed by atoms with E-state index in [2.05, 4.69) is 21.2 Å². The average Bonchev–Trinajstić information content (AvgIpc) is 3.34. The van der Waals surface area contributed by atoms with Gasteiger partial charge in [0, 0.05) is 11.1 Å². The van der Waals surface area contributed by atoms with Crippen LogP contribution in [0.1, 0.15) is 11.1 Å². The first kappa shape index (κ1) is 24.7. The summed E-state index contributed by atoms with van der Waals surface area (Å²) in [5.41, 5.74) is 1.37. The molecule has 2 aliphatic rings. The fraction of sp³-hybridized carbons (Fsp3) is 0.115. The predicted molar refractivity (Wildman–Crippen MR) is 138 cm³/mol. The minimum absolute atomic E-state index is 0.0404. The van der Waals surface area contributed by atoms with Crippen molar-refractivity contribution in [2.75, 3.05) is 18.8 Å². The van der Waals surface area contributed by atoms with Crippen LogP contribution in [0.15, 0.2) is 64.6 Å². The van der Waals surface area contributed by atoms with Crippen LogP contribution in [0.5, 0.6) is 23.0 Å². The SMILES string of the molecule is COc1cc(/C=C2\C(=O)NC(=O)N(c3ccc4c(c3)OCO4)C2=O)cc(Br)c1OCc1ccc(Cl)cc1. The van der Waals surface area contributed by atoms with Gasteiger partial charge in [-0.1, -0.05) is 23.7 Å². The molecule has 3 aromatic carbocycles. The van der Waals surface area contributed by atoms with Crippen molar-refractivity contribution in [3.8, 4) is 23.0 Å². The van der Waals surface area contributed by atoms with Crippen molar-refractivity contribution >= 4 is 57.1 Å². The van der Waals surface area contributed by atoms with E-state index in [1.54, 1.807) is 30.3 Å². The zero-order valence-corrected chi connectivity index (χ0v) is 21.6. The van der Waals surface area contributed by atoms with E-state index in [4.69, 9.17) is 30.5 Å². The number of nitrogens with zero attached hydrogens (tertiary/aromatic N) is 1. The minimum atomic E-state index is -0.865. The Morgan fingerprint density at radius 2 is 1.81 bits per heavy atom. The van der Waals surface area contributed by atoms with Gasteiger partial charge >= 0.3 is 6.03 Å². The molecule has 0 saturated carbocycles. The fourth-order valence-electron chi connectivity index (χ4n) is 3.78. The zero-order valence-electron chi connectivity index (χ0n) is 19.2. The molecule has 5 rings (SSSR count). The number of carbonyl (C=O) groups excluding carboxylic acids is 3. The summed E-state index contributed by atoms with van der Waals surface area (Å²) in [5, 5.41) is 2.83. The number of carbonyl (C=O) groups is 3. The average molecular weight is 586 g/mol. The smallest absolute Gasteiger partial charge is 0.335 e. The van der Waals surface area contributed by atoms with Gasteiger partial charge in [0.15, 0.2) is 23.0 Å². The molecule has 11 heteroatoms. The van der Waals surface area contributed by atoms with E-state index in [0.29, 0.717) is 38.1 Å². The molecule has 0 bridgehead atoms. The van der Waals surface area contributed by atoms with Gasteiger partial charge in [0.2, 0.25) is 6.79 Å². The van der Waals surface area contributed by atoms with Gasteiger partial charge in [-0.3, -0.25) is 14.9 Å². The van der Waals surface area contributed by atoms with Crippen molar-refractivity contribution in [2.24, 2.45) is 0 Å². The van der Waals surface area contributed by atoms with E-state index < -0.39 is 17.8 Å². The first-order chi connectivity index (χ1) is 17.8. The number of amides is 4. The van der Waals surface area contributed by atoms with Crippen molar-refractivity contribution in [3.63, 3.8) is 0 Å². The zero-order chi connectivity index (χ0) is 26.1. The number of fused-ring (bicyclic) bond motifs is 1. The Morgan fingerprint density at radius 1 is 1.05 bits per heavy atom. The van der Waals surface area contributed by atoms with Gasteiger partial charge in [0.05, 0.1) is 17.3 Å². The summed E-state index contributed by atoms with van der Waals surface area (Å²) in [7, 11) is 1.48. The van der Waals surface area contributed by atoms with Gasteiger partial charge in [0.1, 0.15) is 12.2 Å². The highest BCUT2D eigenvalue weighted by atomic mass is 79.9. The molecule has 0 aromatic heterocycles. The largest absolute Gasteiger partial charge is 0.493 e. The number of hydrogen-bond donors (Lipinski definition) is 1. The second kappa shape index (κ2) is 10.2. The van der Waals surface area contributed by atoms with E-state index in [1.165, 1.54) is 25.3 Å². The number of imide groups is 2. The van der Waals surface area contributed by atoms with Crippen LogP contribution in [0.3, 0.4) is 0 Å². The van der Waals surface area contributed by atoms with Crippen molar-refractivity contribution < 1.29 is 33.3 Å². The summed E-state index contributed by atoms with van der Waals surface area (Å²) < 4.78 is 22.6. The van der Waals surface area contributed by atoms with Crippen LogP contribution in [0.4, 0.5) is 10.5 Å². The van der Waals surface area contributed by atoms with Crippen LogP contribution in [-0.2, 0) is 16.2 Å². The topological polar surface area (TPSA) is 103 Å². The van der Waals surface area contributed by atoms with Gasteiger partial charge in [-0.2, -0.15) is 0 Å². The lowest BCUT2D eigenvalue weighted by atomic mass is 10.1. The van der Waals surface area contributed by atoms with E-state index in [-0.39, 0.29) is 24.7 Å². The Hall–Kier alpha value is -4.02. The van der Waals surface area contributed by atoms with Crippen LogP contribution in [-0.4, -0.2) is 31.7 Å². The molecule has 37 heavy (non-hydrogen) atoms. The van der Waals surface area contributed by atoms with Crippen LogP contribution in [0.25, 0.3) is 6.08 Å². The highest BCUT2D eigenvalue weighted by Gasteiger charge is 2.37. The Labute approximate surface area is 224 Å². The van der Waals surface area contributed by atoms with Crippen LogP contribution < -0.4 is 29.2 Å². The monoisotopic (exact) mass is 584 g/mol. The second-order valence-electron chi connectivity index (χ2n) is 7.94. The lowest BCUT2D eigenvalue weighted by molar-refractivity contribution is -0.122. The number of rotatable bonds is 6. The molecule has 9 nitrogen and oxygen atoms in total. The molecular weight excluding hydrogens is 568 g/mol. The Kier molecular flexibility index (Phi) is 6.77. The number of nitrogens with one attached hydrogen (secondary N) is 1. The molecule has 0 radical (unpaired) electrons. The highest BCUT2D eigenvalue weighted by molar-refractivity contribution is 9.10. The van der Waals surface area contributed by atoms with Gasteiger partial charge in [-0.25, -0.2) is 9.69 Å². The molecule has 0 atom stereocenters. The third kappa shape index (κ3) is 4.98. The Morgan fingerprint density at radius 3 is 2.57 bits per heavy atom. The van der Waals surface area contributed by atoms with Gasteiger partial charge in [-0.05, 0) is 69.5 Å². The van der Waals surface area contributed by atoms with E-state index >= 15 is 0 Å². The Balaban J connectivity index is 1.43. The molecule has 0 spiro atoms. The third-order valence-electron chi connectivity index (χ3n) is 5.58. The Bertz CT molecular complexity index is 1460. The maximum atomic E-state index is 13.3. The maximum absolute atomic E-state index is 13.3. The molecule has 1 fully saturated rings. The van der Waals surface area contributed by atoms with Gasteiger partial charge in [0.25, 0.3) is 11.8 Å². The van der Waals surface area contributed by atoms with Gasteiger partial charge in [-0.15, -0.1) is 0 Å². The number of methoxy groups -OCH3 is 1. The van der Waals surface area contributed by atoms with E-state index in [1.807, 2.05) is 12.1 Å². The number of halogens is 2. The quantitative estimate of drug-likeness (QED) is 0.318. The predicted octanol–water partition coefficient (Wildman–Crippen LogP) is 5.09. The highest BCUT2D eigenvalue weighted by Crippen LogP contribution is 2.39. The molecule has 3 aromatic rings. The summed E-state index contributed by atoms with van der Waals surface area (Å²) in [6.45, 7) is 0.304. The summed E-state index contributed by atoms with van der Waals surface area (Å²) in [5.74, 6) is 0.105. The lowest BCUT2D eigenvalue weighted by Gasteiger charge is -2.26. The second-order valence-corrected chi connectivity index (χ2v) is 9.24. The number of barbiturate groups is 1.